The molecule has 0 aliphatic carbocycles. The minimum Gasteiger partial charge on any atom is -0.427 e. The molecule has 4 nitrogen and oxygen atoms in total. The molecule has 1 aromatic carbocycles. The molecule has 0 aliphatic rings. The molecule has 4 heteroatoms. The van der Waals surface area contributed by atoms with E-state index < -0.39 is 0 Å². The smallest absolute Gasteiger partial charge is 0.311 e. The number of esters is 1. The third-order valence-corrected chi connectivity index (χ3v) is 6.35. The molecule has 2 rings (SSSR count). The average Bonchev–Trinajstić information content (AvgIpc) is 2.86. The molecule has 34 heavy (non-hydrogen) atoms. The number of carbonyl (C=O) groups is 1. The van der Waals surface area contributed by atoms with Crippen LogP contribution in [-0.2, 0) is 11.2 Å². The van der Waals surface area contributed by atoms with Crippen LogP contribution in [0.15, 0.2) is 36.7 Å². The van der Waals surface area contributed by atoms with Crippen LogP contribution in [0.25, 0.3) is 11.4 Å². The van der Waals surface area contributed by atoms with Crippen molar-refractivity contribution in [2.45, 2.75) is 123 Å². The molecule has 2 aromatic rings. The van der Waals surface area contributed by atoms with Crippen LogP contribution in [0, 0.1) is 0 Å². The largest absolute Gasteiger partial charge is 0.427 e. The van der Waals surface area contributed by atoms with Gasteiger partial charge in [-0.05, 0) is 49.1 Å². The zero-order valence-electron chi connectivity index (χ0n) is 21.7. The monoisotopic (exact) mass is 466 g/mol. The van der Waals surface area contributed by atoms with E-state index in [1.54, 1.807) is 0 Å². The van der Waals surface area contributed by atoms with E-state index in [0.717, 1.165) is 24.8 Å². The molecule has 0 saturated heterocycles. The summed E-state index contributed by atoms with van der Waals surface area (Å²) in [5.41, 5.74) is 2.14. The second kappa shape index (κ2) is 18.1. The van der Waals surface area contributed by atoms with E-state index in [0.29, 0.717) is 18.0 Å². The van der Waals surface area contributed by atoms with Crippen molar-refractivity contribution < 1.29 is 9.53 Å². The van der Waals surface area contributed by atoms with Gasteiger partial charge in [-0.3, -0.25) is 4.79 Å². The predicted octanol–water partition coefficient (Wildman–Crippen LogP) is 8.87. The standard InChI is InChI=1S/C30H46N2O2/c1-3-5-7-9-11-13-14-16-18-26-24-31-30(32-25-26)27-20-22-28(23-21-27)34-29(33)19-17-15-12-10-8-6-4-2/h20-25H,3-19H2,1-2H3. The molecule has 0 saturated carbocycles. The average molecular weight is 467 g/mol. The van der Waals surface area contributed by atoms with Crippen LogP contribution in [-0.4, -0.2) is 15.9 Å². The summed E-state index contributed by atoms with van der Waals surface area (Å²) in [4.78, 5) is 21.2. The summed E-state index contributed by atoms with van der Waals surface area (Å²) in [5.74, 6) is 1.14. The van der Waals surface area contributed by atoms with Gasteiger partial charge in [0.2, 0.25) is 0 Å². The van der Waals surface area contributed by atoms with Gasteiger partial charge < -0.3 is 4.74 Å². The molecule has 1 aromatic heterocycles. The summed E-state index contributed by atoms with van der Waals surface area (Å²) in [6, 6.07) is 7.50. The van der Waals surface area contributed by atoms with Gasteiger partial charge in [-0.15, -0.1) is 0 Å². The van der Waals surface area contributed by atoms with E-state index in [-0.39, 0.29) is 5.97 Å². The Morgan fingerprint density at radius 3 is 1.74 bits per heavy atom. The highest BCUT2D eigenvalue weighted by Crippen LogP contribution is 2.20. The number of hydrogen-bond acceptors (Lipinski definition) is 4. The number of nitrogens with zero attached hydrogens (tertiary/aromatic N) is 2. The van der Waals surface area contributed by atoms with Crippen molar-refractivity contribution >= 4 is 5.97 Å². The van der Waals surface area contributed by atoms with Gasteiger partial charge in [-0.25, -0.2) is 9.97 Å². The highest BCUT2D eigenvalue weighted by molar-refractivity contribution is 5.72. The Morgan fingerprint density at radius 2 is 1.18 bits per heavy atom. The van der Waals surface area contributed by atoms with Crippen molar-refractivity contribution in [1.82, 2.24) is 9.97 Å². The maximum Gasteiger partial charge on any atom is 0.311 e. The van der Waals surface area contributed by atoms with Gasteiger partial charge in [0.25, 0.3) is 0 Å². The fourth-order valence-electron chi connectivity index (χ4n) is 4.18. The molecule has 0 spiro atoms. The molecule has 0 radical (unpaired) electrons. The Balaban J connectivity index is 1.64. The lowest BCUT2D eigenvalue weighted by Gasteiger charge is -2.06. The van der Waals surface area contributed by atoms with Crippen molar-refractivity contribution in [1.29, 1.82) is 0 Å². The SMILES string of the molecule is CCCCCCCCCCc1cnc(-c2ccc(OC(=O)CCCCCCCCC)cc2)nc1. The van der Waals surface area contributed by atoms with E-state index in [1.807, 2.05) is 36.7 Å². The number of aryl methyl sites for hydroxylation is 1. The van der Waals surface area contributed by atoms with Crippen molar-refractivity contribution in [3.8, 4) is 17.1 Å². The van der Waals surface area contributed by atoms with Crippen LogP contribution in [0.5, 0.6) is 5.75 Å². The first kappa shape index (κ1) is 28.0. The molecule has 188 valence electrons. The van der Waals surface area contributed by atoms with Crippen molar-refractivity contribution in [2.24, 2.45) is 0 Å². The van der Waals surface area contributed by atoms with Crippen LogP contribution < -0.4 is 4.74 Å². The quantitative estimate of drug-likeness (QED) is 0.118. The summed E-state index contributed by atoms with van der Waals surface area (Å²) in [5, 5.41) is 0. The van der Waals surface area contributed by atoms with Gasteiger partial charge in [0.15, 0.2) is 5.82 Å². The highest BCUT2D eigenvalue weighted by atomic mass is 16.5. The zero-order chi connectivity index (χ0) is 24.3. The fraction of sp³-hybridized carbons (Fsp3) is 0.633. The predicted molar refractivity (Wildman–Crippen MR) is 142 cm³/mol. The van der Waals surface area contributed by atoms with Gasteiger partial charge in [-0.2, -0.15) is 0 Å². The van der Waals surface area contributed by atoms with Gasteiger partial charge >= 0.3 is 5.97 Å². The number of ether oxygens (including phenoxy) is 1. The maximum absolute atomic E-state index is 12.1. The Hall–Kier alpha value is -2.23. The van der Waals surface area contributed by atoms with Gasteiger partial charge in [0.1, 0.15) is 5.75 Å². The zero-order valence-corrected chi connectivity index (χ0v) is 21.7. The Bertz CT molecular complexity index is 771. The first-order valence-corrected chi connectivity index (χ1v) is 13.8. The summed E-state index contributed by atoms with van der Waals surface area (Å²) in [6.07, 6.45) is 24.4. The fourth-order valence-corrected chi connectivity index (χ4v) is 4.18. The molecule has 0 unspecified atom stereocenters. The number of unbranched alkanes of at least 4 members (excludes halogenated alkanes) is 13. The molecular formula is C30H46N2O2. The van der Waals surface area contributed by atoms with Crippen LogP contribution in [0.1, 0.15) is 122 Å². The number of benzene rings is 1. The number of rotatable bonds is 19. The second-order valence-electron chi connectivity index (χ2n) is 9.51. The van der Waals surface area contributed by atoms with Crippen molar-refractivity contribution in [3.05, 3.63) is 42.2 Å². The normalized spacial score (nSPS) is 11.0. The topological polar surface area (TPSA) is 52.1 Å². The van der Waals surface area contributed by atoms with E-state index in [9.17, 15) is 4.79 Å². The van der Waals surface area contributed by atoms with Crippen molar-refractivity contribution in [2.75, 3.05) is 0 Å². The summed E-state index contributed by atoms with van der Waals surface area (Å²) in [7, 11) is 0. The molecule has 0 amide bonds. The number of carbonyl (C=O) groups excluding carboxylic acids is 1. The highest BCUT2D eigenvalue weighted by Gasteiger charge is 2.07. The third-order valence-electron chi connectivity index (χ3n) is 6.35. The first-order valence-electron chi connectivity index (χ1n) is 13.8. The molecule has 0 N–H and O–H groups in total. The third kappa shape index (κ3) is 12.3. The minimum absolute atomic E-state index is 0.150. The van der Waals surface area contributed by atoms with E-state index in [4.69, 9.17) is 4.74 Å². The van der Waals surface area contributed by atoms with E-state index in [1.165, 1.54) is 89.0 Å². The van der Waals surface area contributed by atoms with Crippen molar-refractivity contribution in [3.63, 3.8) is 0 Å². The van der Waals surface area contributed by atoms with Crippen LogP contribution in [0.2, 0.25) is 0 Å². The maximum atomic E-state index is 12.1. The minimum atomic E-state index is -0.150. The number of aromatic nitrogens is 2. The summed E-state index contributed by atoms with van der Waals surface area (Å²) >= 11 is 0. The molecule has 0 aliphatic heterocycles. The van der Waals surface area contributed by atoms with E-state index >= 15 is 0 Å². The molecular weight excluding hydrogens is 420 g/mol. The van der Waals surface area contributed by atoms with E-state index in [2.05, 4.69) is 23.8 Å². The van der Waals surface area contributed by atoms with Gasteiger partial charge in [-0.1, -0.05) is 97.3 Å². The summed E-state index contributed by atoms with van der Waals surface area (Å²) < 4.78 is 5.48. The van der Waals surface area contributed by atoms with Gasteiger partial charge in [0, 0.05) is 24.4 Å². The van der Waals surface area contributed by atoms with Crippen LogP contribution in [0.3, 0.4) is 0 Å². The lowest BCUT2D eigenvalue weighted by Crippen LogP contribution is -2.07. The Labute approximate surface area is 208 Å². The van der Waals surface area contributed by atoms with Crippen LogP contribution >= 0.6 is 0 Å². The van der Waals surface area contributed by atoms with Crippen LogP contribution in [0.4, 0.5) is 0 Å². The lowest BCUT2D eigenvalue weighted by atomic mass is 10.1. The Morgan fingerprint density at radius 1 is 0.676 bits per heavy atom. The summed E-state index contributed by atoms with van der Waals surface area (Å²) in [6.45, 7) is 4.49. The molecule has 0 bridgehead atoms. The van der Waals surface area contributed by atoms with Gasteiger partial charge in [0.05, 0.1) is 0 Å². The lowest BCUT2D eigenvalue weighted by molar-refractivity contribution is -0.134. The Kier molecular flexibility index (Phi) is 14.9. The second-order valence-corrected chi connectivity index (χ2v) is 9.51. The first-order chi connectivity index (χ1) is 16.7. The molecule has 0 atom stereocenters. The number of hydrogen-bond donors (Lipinski definition) is 0. The molecule has 0 fully saturated rings. The molecule has 1 heterocycles.